The van der Waals surface area contributed by atoms with E-state index in [-0.39, 0.29) is 36.2 Å². The highest BCUT2D eigenvalue weighted by molar-refractivity contribution is 6.21. The number of ether oxygens (including phenoxy) is 1. The van der Waals surface area contributed by atoms with Crippen LogP contribution in [0.1, 0.15) is 38.7 Å². The summed E-state index contributed by atoms with van der Waals surface area (Å²) in [5, 5.41) is 0. The van der Waals surface area contributed by atoms with Crippen LogP contribution >= 0.6 is 0 Å². The van der Waals surface area contributed by atoms with E-state index in [1.54, 1.807) is 36.3 Å². The Labute approximate surface area is 186 Å². The molecule has 2 aliphatic heterocycles. The predicted molar refractivity (Wildman–Crippen MR) is 120 cm³/mol. The monoisotopic (exact) mass is 426 g/mol. The second-order valence-electron chi connectivity index (χ2n) is 7.96. The lowest BCUT2D eigenvalue weighted by atomic mass is 9.79. The van der Waals surface area contributed by atoms with Gasteiger partial charge in [0.15, 0.2) is 0 Å². The van der Waals surface area contributed by atoms with Crippen LogP contribution in [0.15, 0.2) is 78.9 Å². The van der Waals surface area contributed by atoms with Gasteiger partial charge < -0.3 is 9.64 Å². The van der Waals surface area contributed by atoms with Gasteiger partial charge in [0.25, 0.3) is 11.8 Å². The Bertz CT molecular complexity index is 1150. The minimum Gasteiger partial charge on any atom is -0.497 e. The van der Waals surface area contributed by atoms with Crippen molar-refractivity contribution in [3.05, 3.63) is 95.6 Å². The maximum absolute atomic E-state index is 13.2. The second kappa shape index (κ2) is 7.96. The number of amides is 3. The molecule has 160 valence electrons. The molecule has 6 nitrogen and oxygen atoms in total. The molecule has 2 aliphatic rings. The van der Waals surface area contributed by atoms with E-state index in [2.05, 4.69) is 0 Å². The molecule has 0 saturated carbocycles. The normalized spacial score (nSPS) is 19.7. The van der Waals surface area contributed by atoms with Crippen LogP contribution in [-0.4, -0.2) is 36.3 Å². The van der Waals surface area contributed by atoms with Gasteiger partial charge in [-0.15, -0.1) is 0 Å². The summed E-state index contributed by atoms with van der Waals surface area (Å²) in [6, 6.07) is 23.9. The van der Waals surface area contributed by atoms with Gasteiger partial charge in [-0.2, -0.15) is 0 Å². The van der Waals surface area contributed by atoms with Crippen molar-refractivity contribution in [2.24, 2.45) is 5.92 Å². The summed E-state index contributed by atoms with van der Waals surface area (Å²) in [5.41, 5.74) is 2.67. The molecule has 3 amide bonds. The molecule has 2 atom stereocenters. The minimum atomic E-state index is -0.316. The number of carbonyl (C=O) groups is 3. The van der Waals surface area contributed by atoms with E-state index in [9.17, 15) is 14.4 Å². The zero-order chi connectivity index (χ0) is 22.2. The first-order valence-electron chi connectivity index (χ1n) is 10.6. The number of benzene rings is 3. The number of carbonyl (C=O) groups excluding carboxylic acids is 3. The van der Waals surface area contributed by atoms with Crippen LogP contribution < -0.4 is 9.64 Å². The third kappa shape index (κ3) is 3.15. The van der Waals surface area contributed by atoms with Gasteiger partial charge in [0.1, 0.15) is 5.75 Å². The standard InChI is InChI=1S/C26H22N2O4/c1-32-19-13-11-18(12-14-19)28-23(17-7-3-2-4-8-17)22(26(28)31)15-16-27-24(29)20-9-5-6-10-21(20)25(27)30/h2-14,22-23H,15-16H2,1H3/t22-,23-/m1/s1. The molecule has 0 unspecified atom stereocenters. The van der Waals surface area contributed by atoms with Gasteiger partial charge in [-0.1, -0.05) is 42.5 Å². The summed E-state index contributed by atoms with van der Waals surface area (Å²) < 4.78 is 5.23. The van der Waals surface area contributed by atoms with Gasteiger partial charge in [-0.25, -0.2) is 0 Å². The van der Waals surface area contributed by atoms with Crippen molar-refractivity contribution in [2.45, 2.75) is 12.5 Å². The van der Waals surface area contributed by atoms with Crippen LogP contribution in [0.2, 0.25) is 0 Å². The molecule has 6 heteroatoms. The molecule has 3 aromatic rings. The van der Waals surface area contributed by atoms with Crippen LogP contribution in [0, 0.1) is 5.92 Å². The van der Waals surface area contributed by atoms with Crippen molar-refractivity contribution in [3.8, 4) is 5.75 Å². The third-order valence-electron chi connectivity index (χ3n) is 6.25. The Hall–Kier alpha value is -3.93. The topological polar surface area (TPSA) is 66.9 Å². The quantitative estimate of drug-likeness (QED) is 0.440. The molecule has 0 aliphatic carbocycles. The molecule has 1 fully saturated rings. The Morgan fingerprint density at radius 2 is 1.38 bits per heavy atom. The van der Waals surface area contributed by atoms with Crippen molar-refractivity contribution < 1.29 is 19.1 Å². The van der Waals surface area contributed by atoms with E-state index in [1.807, 2.05) is 54.6 Å². The third-order valence-corrected chi connectivity index (χ3v) is 6.25. The first-order chi connectivity index (χ1) is 15.6. The maximum atomic E-state index is 13.2. The summed E-state index contributed by atoms with van der Waals surface area (Å²) >= 11 is 0. The molecular weight excluding hydrogens is 404 g/mol. The number of β-lactam (4-membered cyclic amide) rings is 1. The SMILES string of the molecule is COc1ccc(N2C(=O)[C@H](CCN3C(=O)c4ccccc4C3=O)[C@H]2c2ccccc2)cc1. The summed E-state index contributed by atoms with van der Waals surface area (Å²) in [5.74, 6) is -0.189. The second-order valence-corrected chi connectivity index (χ2v) is 7.96. The van der Waals surface area contributed by atoms with Crippen molar-refractivity contribution >= 4 is 23.4 Å². The van der Waals surface area contributed by atoms with E-state index in [0.717, 1.165) is 17.0 Å². The lowest BCUT2D eigenvalue weighted by Crippen LogP contribution is -2.56. The largest absolute Gasteiger partial charge is 0.497 e. The molecule has 0 radical (unpaired) electrons. The van der Waals surface area contributed by atoms with Gasteiger partial charge >= 0.3 is 0 Å². The molecule has 5 rings (SSSR count). The number of hydrogen-bond donors (Lipinski definition) is 0. The Morgan fingerprint density at radius 3 is 1.97 bits per heavy atom. The molecule has 0 aromatic heterocycles. The molecular formula is C26H22N2O4. The molecule has 2 heterocycles. The number of hydrogen-bond acceptors (Lipinski definition) is 4. The van der Waals surface area contributed by atoms with Crippen LogP contribution in [0.3, 0.4) is 0 Å². The van der Waals surface area contributed by atoms with Crippen LogP contribution in [0.5, 0.6) is 5.75 Å². The molecule has 1 saturated heterocycles. The lowest BCUT2D eigenvalue weighted by molar-refractivity contribution is -0.130. The summed E-state index contributed by atoms with van der Waals surface area (Å²) in [7, 11) is 1.60. The predicted octanol–water partition coefficient (Wildman–Crippen LogP) is 4.09. The molecule has 32 heavy (non-hydrogen) atoms. The molecule has 0 N–H and O–H groups in total. The van der Waals surface area contributed by atoms with Gasteiger partial charge in [0.05, 0.1) is 30.2 Å². The zero-order valence-electron chi connectivity index (χ0n) is 17.6. The van der Waals surface area contributed by atoms with Crippen LogP contribution in [0.25, 0.3) is 0 Å². The number of imide groups is 1. The first kappa shape index (κ1) is 20.0. The number of nitrogens with zero attached hydrogens (tertiary/aromatic N) is 2. The number of methoxy groups -OCH3 is 1. The molecule has 3 aromatic carbocycles. The number of fused-ring (bicyclic) bond motifs is 1. The number of rotatable bonds is 6. The fourth-order valence-electron chi connectivity index (χ4n) is 4.60. The Morgan fingerprint density at radius 1 is 0.781 bits per heavy atom. The zero-order valence-corrected chi connectivity index (χ0v) is 17.6. The Kier molecular flexibility index (Phi) is 4.98. The highest BCUT2D eigenvalue weighted by Crippen LogP contribution is 2.45. The fraction of sp³-hybridized carbons (Fsp3) is 0.192. The Balaban J connectivity index is 1.38. The van der Waals surface area contributed by atoms with Crippen molar-refractivity contribution in [3.63, 3.8) is 0 Å². The minimum absolute atomic E-state index is 0.0133. The summed E-state index contributed by atoms with van der Waals surface area (Å²) in [6.07, 6.45) is 0.413. The molecule has 0 spiro atoms. The lowest BCUT2D eigenvalue weighted by Gasteiger charge is -2.48. The molecule has 0 bridgehead atoms. The van der Waals surface area contributed by atoms with E-state index >= 15 is 0 Å². The van der Waals surface area contributed by atoms with Crippen molar-refractivity contribution in [1.82, 2.24) is 4.90 Å². The van der Waals surface area contributed by atoms with Gasteiger partial charge in [-0.05, 0) is 48.4 Å². The van der Waals surface area contributed by atoms with Crippen molar-refractivity contribution in [1.29, 1.82) is 0 Å². The fourth-order valence-corrected chi connectivity index (χ4v) is 4.60. The van der Waals surface area contributed by atoms with Crippen LogP contribution in [-0.2, 0) is 4.79 Å². The van der Waals surface area contributed by atoms with E-state index in [0.29, 0.717) is 17.5 Å². The number of anilines is 1. The van der Waals surface area contributed by atoms with Gasteiger partial charge in [-0.3, -0.25) is 19.3 Å². The van der Waals surface area contributed by atoms with E-state index in [4.69, 9.17) is 4.74 Å². The van der Waals surface area contributed by atoms with Crippen LogP contribution in [0.4, 0.5) is 5.69 Å². The van der Waals surface area contributed by atoms with Gasteiger partial charge in [0, 0.05) is 12.2 Å². The highest BCUT2D eigenvalue weighted by atomic mass is 16.5. The van der Waals surface area contributed by atoms with E-state index in [1.165, 1.54) is 4.90 Å². The first-order valence-corrected chi connectivity index (χ1v) is 10.6. The smallest absolute Gasteiger partial charge is 0.261 e. The van der Waals surface area contributed by atoms with Crippen molar-refractivity contribution in [2.75, 3.05) is 18.6 Å². The summed E-state index contributed by atoms with van der Waals surface area (Å²) in [6.45, 7) is 0.211. The highest BCUT2D eigenvalue weighted by Gasteiger charge is 2.49. The van der Waals surface area contributed by atoms with E-state index < -0.39 is 0 Å². The average molecular weight is 426 g/mol. The summed E-state index contributed by atoms with van der Waals surface area (Å²) in [4.78, 5) is 41.6. The maximum Gasteiger partial charge on any atom is 0.261 e. The average Bonchev–Trinajstić information content (AvgIpc) is 3.08. The van der Waals surface area contributed by atoms with Gasteiger partial charge in [0.2, 0.25) is 5.91 Å².